The van der Waals surface area contributed by atoms with Gasteiger partial charge in [0, 0.05) is 13.3 Å². The second-order valence-corrected chi connectivity index (χ2v) is 7.37. The summed E-state index contributed by atoms with van der Waals surface area (Å²) in [4.78, 5) is 21.8. The van der Waals surface area contributed by atoms with Crippen LogP contribution in [0, 0.1) is 0 Å². The van der Waals surface area contributed by atoms with E-state index in [4.69, 9.17) is 0 Å². The molecule has 0 aliphatic heterocycles. The molecule has 0 N–H and O–H groups in total. The fraction of sp³-hybridized carbons (Fsp3) is 0.909. The van der Waals surface area contributed by atoms with E-state index < -0.39 is 5.97 Å². The zero-order chi connectivity index (χ0) is 18.6. The fourth-order valence-corrected chi connectivity index (χ4v) is 3.21. The SMILES string of the molecule is CCCCCCCCCCCCCCCCCCCC(=O)OC(C)=O. The van der Waals surface area contributed by atoms with Crippen LogP contribution in [-0.4, -0.2) is 11.9 Å². The predicted octanol–water partition coefficient (Wildman–Crippen LogP) is 7.12. The lowest BCUT2D eigenvalue weighted by Gasteiger charge is -2.03. The van der Waals surface area contributed by atoms with Crippen molar-refractivity contribution in [2.24, 2.45) is 0 Å². The summed E-state index contributed by atoms with van der Waals surface area (Å²) in [7, 11) is 0. The van der Waals surface area contributed by atoms with Crippen molar-refractivity contribution >= 4 is 11.9 Å². The van der Waals surface area contributed by atoms with Gasteiger partial charge in [0.25, 0.3) is 0 Å². The van der Waals surface area contributed by atoms with E-state index in [1.165, 1.54) is 103 Å². The topological polar surface area (TPSA) is 43.4 Å². The van der Waals surface area contributed by atoms with Gasteiger partial charge in [0.05, 0.1) is 0 Å². The standard InChI is InChI=1S/C22H42O3/c1-3-4-5-6-7-8-9-10-11-12-13-14-15-16-17-18-19-20-22(24)25-21(2)23/h3-20H2,1-2H3. The molecule has 0 amide bonds. The number of hydrogen-bond donors (Lipinski definition) is 0. The first-order chi connectivity index (χ1) is 12.2. The van der Waals surface area contributed by atoms with Gasteiger partial charge in [-0.2, -0.15) is 0 Å². The number of rotatable bonds is 18. The van der Waals surface area contributed by atoms with Gasteiger partial charge in [-0.3, -0.25) is 9.59 Å². The van der Waals surface area contributed by atoms with E-state index in [0.29, 0.717) is 6.42 Å². The Morgan fingerprint density at radius 2 is 0.880 bits per heavy atom. The summed E-state index contributed by atoms with van der Waals surface area (Å²) in [5.74, 6) is -0.884. The molecule has 0 unspecified atom stereocenters. The maximum atomic E-state index is 11.2. The van der Waals surface area contributed by atoms with E-state index in [1.807, 2.05) is 0 Å². The third-order valence-electron chi connectivity index (χ3n) is 4.74. The number of unbranched alkanes of at least 4 members (excludes halogenated alkanes) is 16. The monoisotopic (exact) mass is 354 g/mol. The predicted molar refractivity (Wildman–Crippen MR) is 106 cm³/mol. The van der Waals surface area contributed by atoms with Crippen LogP contribution in [-0.2, 0) is 14.3 Å². The van der Waals surface area contributed by atoms with E-state index >= 15 is 0 Å². The third kappa shape index (κ3) is 21.1. The molecule has 0 radical (unpaired) electrons. The fourth-order valence-electron chi connectivity index (χ4n) is 3.21. The second kappa shape index (κ2) is 19.5. The summed E-state index contributed by atoms with van der Waals surface area (Å²) >= 11 is 0. The zero-order valence-corrected chi connectivity index (χ0v) is 17.0. The first kappa shape index (κ1) is 24.1. The van der Waals surface area contributed by atoms with Crippen LogP contribution >= 0.6 is 0 Å². The first-order valence-corrected chi connectivity index (χ1v) is 10.9. The number of carbonyl (C=O) groups excluding carboxylic acids is 2. The summed E-state index contributed by atoms with van der Waals surface area (Å²) < 4.78 is 4.50. The molecule has 148 valence electrons. The maximum Gasteiger partial charge on any atom is 0.313 e. The molecule has 0 aromatic rings. The molecule has 0 bridgehead atoms. The quantitative estimate of drug-likeness (QED) is 0.149. The van der Waals surface area contributed by atoms with Crippen LogP contribution in [0.3, 0.4) is 0 Å². The van der Waals surface area contributed by atoms with Gasteiger partial charge in [-0.05, 0) is 6.42 Å². The van der Waals surface area contributed by atoms with Gasteiger partial charge in [0.2, 0.25) is 0 Å². The molecular formula is C22H42O3. The van der Waals surface area contributed by atoms with Crippen molar-refractivity contribution in [1.82, 2.24) is 0 Å². The number of esters is 2. The normalized spacial score (nSPS) is 10.8. The molecule has 3 heteroatoms. The molecule has 0 aliphatic rings. The van der Waals surface area contributed by atoms with Crippen LogP contribution < -0.4 is 0 Å². The van der Waals surface area contributed by atoms with Crippen molar-refractivity contribution in [2.45, 2.75) is 129 Å². The first-order valence-electron chi connectivity index (χ1n) is 10.9. The van der Waals surface area contributed by atoms with Crippen LogP contribution in [0.1, 0.15) is 129 Å². The van der Waals surface area contributed by atoms with Crippen molar-refractivity contribution < 1.29 is 14.3 Å². The summed E-state index contributed by atoms with van der Waals surface area (Å²) in [6, 6.07) is 0. The molecule has 0 rings (SSSR count). The summed E-state index contributed by atoms with van der Waals surface area (Å²) in [6.07, 6.45) is 22.9. The lowest BCUT2D eigenvalue weighted by molar-refractivity contribution is -0.158. The highest BCUT2D eigenvalue weighted by Gasteiger charge is 2.04. The number of hydrogen-bond acceptors (Lipinski definition) is 3. The minimum Gasteiger partial charge on any atom is -0.393 e. The zero-order valence-electron chi connectivity index (χ0n) is 17.0. The Morgan fingerprint density at radius 3 is 1.20 bits per heavy atom. The van der Waals surface area contributed by atoms with E-state index in [2.05, 4.69) is 11.7 Å². The summed E-state index contributed by atoms with van der Waals surface area (Å²) in [6.45, 7) is 3.54. The molecular weight excluding hydrogens is 312 g/mol. The van der Waals surface area contributed by atoms with Gasteiger partial charge in [-0.1, -0.05) is 110 Å². The van der Waals surface area contributed by atoms with Crippen LogP contribution in [0.2, 0.25) is 0 Å². The Balaban J connectivity index is 3.07. The molecule has 0 saturated heterocycles. The minimum atomic E-state index is -0.503. The van der Waals surface area contributed by atoms with Crippen molar-refractivity contribution in [3.8, 4) is 0 Å². The highest BCUT2D eigenvalue weighted by molar-refractivity contribution is 5.83. The second-order valence-electron chi connectivity index (χ2n) is 7.37. The average molecular weight is 355 g/mol. The molecule has 0 aromatic carbocycles. The van der Waals surface area contributed by atoms with Gasteiger partial charge in [-0.15, -0.1) is 0 Å². The lowest BCUT2D eigenvalue weighted by Crippen LogP contribution is -2.08. The van der Waals surface area contributed by atoms with Gasteiger partial charge in [-0.25, -0.2) is 0 Å². The average Bonchev–Trinajstić information content (AvgIpc) is 2.57. The Labute approximate surface area is 156 Å². The van der Waals surface area contributed by atoms with Crippen molar-refractivity contribution in [3.05, 3.63) is 0 Å². The molecule has 25 heavy (non-hydrogen) atoms. The highest BCUT2D eigenvalue weighted by atomic mass is 16.6. The molecule has 0 heterocycles. The molecule has 3 nitrogen and oxygen atoms in total. The third-order valence-corrected chi connectivity index (χ3v) is 4.74. The summed E-state index contributed by atoms with van der Waals surface area (Å²) in [5.41, 5.74) is 0. The van der Waals surface area contributed by atoms with Gasteiger partial charge in [0.1, 0.15) is 0 Å². The van der Waals surface area contributed by atoms with E-state index in [0.717, 1.165) is 12.8 Å². The smallest absolute Gasteiger partial charge is 0.313 e. The maximum absolute atomic E-state index is 11.2. The van der Waals surface area contributed by atoms with Crippen molar-refractivity contribution in [1.29, 1.82) is 0 Å². The van der Waals surface area contributed by atoms with Crippen molar-refractivity contribution in [2.75, 3.05) is 0 Å². The van der Waals surface area contributed by atoms with Crippen LogP contribution in [0.5, 0.6) is 0 Å². The highest BCUT2D eigenvalue weighted by Crippen LogP contribution is 2.14. The molecule has 0 aromatic heterocycles. The van der Waals surface area contributed by atoms with Crippen LogP contribution in [0.15, 0.2) is 0 Å². The Kier molecular flexibility index (Phi) is 18.8. The van der Waals surface area contributed by atoms with E-state index in [-0.39, 0.29) is 5.97 Å². The van der Waals surface area contributed by atoms with Gasteiger partial charge >= 0.3 is 11.9 Å². The summed E-state index contributed by atoms with van der Waals surface area (Å²) in [5, 5.41) is 0. The lowest BCUT2D eigenvalue weighted by atomic mass is 10.0. The van der Waals surface area contributed by atoms with E-state index in [9.17, 15) is 9.59 Å². The largest absolute Gasteiger partial charge is 0.393 e. The Morgan fingerprint density at radius 1 is 0.560 bits per heavy atom. The minimum absolute atomic E-state index is 0.373. The molecule has 0 fully saturated rings. The van der Waals surface area contributed by atoms with Crippen LogP contribution in [0.25, 0.3) is 0 Å². The number of ether oxygens (including phenoxy) is 1. The molecule has 0 aliphatic carbocycles. The van der Waals surface area contributed by atoms with Gasteiger partial charge in [0.15, 0.2) is 0 Å². The molecule has 0 atom stereocenters. The van der Waals surface area contributed by atoms with Gasteiger partial charge < -0.3 is 4.74 Å². The Hall–Kier alpha value is -0.860. The van der Waals surface area contributed by atoms with E-state index in [1.54, 1.807) is 0 Å². The molecule has 0 spiro atoms. The molecule has 0 saturated carbocycles. The number of carbonyl (C=O) groups is 2. The Bertz CT molecular complexity index is 312. The van der Waals surface area contributed by atoms with Crippen molar-refractivity contribution in [3.63, 3.8) is 0 Å². The van der Waals surface area contributed by atoms with Crippen LogP contribution in [0.4, 0.5) is 0 Å².